The van der Waals surface area contributed by atoms with Crippen molar-refractivity contribution in [2.24, 2.45) is 0 Å². The quantitative estimate of drug-likeness (QED) is 0.811. The molecule has 0 aliphatic carbocycles. The predicted octanol–water partition coefficient (Wildman–Crippen LogP) is 3.48. The summed E-state index contributed by atoms with van der Waals surface area (Å²) in [6.07, 6.45) is 0. The lowest BCUT2D eigenvalue weighted by atomic mass is 10.1. The SMILES string of the molecule is O=C(CCl)Nc1ccc(C(=O)N2CCN(c3ccc(Cl)cc3)CC2)cc1. The van der Waals surface area contributed by atoms with Crippen LogP contribution in [0.15, 0.2) is 48.5 Å². The first-order chi connectivity index (χ1) is 12.6. The van der Waals surface area contributed by atoms with E-state index in [0.717, 1.165) is 18.8 Å². The van der Waals surface area contributed by atoms with Gasteiger partial charge in [0.05, 0.1) is 0 Å². The summed E-state index contributed by atoms with van der Waals surface area (Å²) in [6.45, 7) is 2.87. The molecule has 1 heterocycles. The molecule has 0 saturated carbocycles. The Morgan fingerprint density at radius 2 is 1.54 bits per heavy atom. The fourth-order valence-electron chi connectivity index (χ4n) is 2.89. The second-order valence-corrected chi connectivity index (χ2v) is 6.72. The number of piperazine rings is 1. The summed E-state index contributed by atoms with van der Waals surface area (Å²) >= 11 is 11.4. The molecular weight excluding hydrogens is 373 g/mol. The molecule has 2 aromatic rings. The normalized spacial score (nSPS) is 14.2. The van der Waals surface area contributed by atoms with Gasteiger partial charge in [0.1, 0.15) is 5.88 Å². The fraction of sp³-hybridized carbons (Fsp3) is 0.263. The topological polar surface area (TPSA) is 52.7 Å². The Hall–Kier alpha value is -2.24. The highest BCUT2D eigenvalue weighted by Gasteiger charge is 2.22. The number of nitrogens with zero attached hydrogens (tertiary/aromatic N) is 2. The summed E-state index contributed by atoms with van der Waals surface area (Å²) in [6, 6.07) is 14.6. The van der Waals surface area contributed by atoms with E-state index >= 15 is 0 Å². The van der Waals surface area contributed by atoms with Gasteiger partial charge >= 0.3 is 0 Å². The number of anilines is 2. The summed E-state index contributed by atoms with van der Waals surface area (Å²) in [7, 11) is 0. The Kier molecular flexibility index (Phi) is 6.01. The molecular formula is C19H19Cl2N3O2. The van der Waals surface area contributed by atoms with Crippen LogP contribution in [0.1, 0.15) is 10.4 Å². The van der Waals surface area contributed by atoms with E-state index in [1.54, 1.807) is 24.3 Å². The van der Waals surface area contributed by atoms with Crippen molar-refractivity contribution in [3.05, 3.63) is 59.1 Å². The maximum absolute atomic E-state index is 12.7. The number of hydrogen-bond acceptors (Lipinski definition) is 3. The first kappa shape index (κ1) is 18.5. The molecule has 0 spiro atoms. The van der Waals surface area contributed by atoms with Crippen LogP contribution in [0, 0.1) is 0 Å². The summed E-state index contributed by atoms with van der Waals surface area (Å²) in [5, 5.41) is 3.37. The van der Waals surface area contributed by atoms with E-state index in [1.807, 2.05) is 29.2 Å². The average Bonchev–Trinajstić information content (AvgIpc) is 2.68. The zero-order chi connectivity index (χ0) is 18.5. The molecule has 136 valence electrons. The number of hydrogen-bond donors (Lipinski definition) is 1. The van der Waals surface area contributed by atoms with Gasteiger partial charge in [0, 0.05) is 48.1 Å². The van der Waals surface area contributed by atoms with Gasteiger partial charge in [0.15, 0.2) is 0 Å². The van der Waals surface area contributed by atoms with Crippen LogP contribution in [0.25, 0.3) is 0 Å². The van der Waals surface area contributed by atoms with Crippen LogP contribution in [0.4, 0.5) is 11.4 Å². The Bertz CT molecular complexity index is 770. The number of carbonyl (C=O) groups is 2. The first-order valence-corrected chi connectivity index (χ1v) is 9.24. The van der Waals surface area contributed by atoms with Crippen LogP contribution in [-0.4, -0.2) is 48.8 Å². The van der Waals surface area contributed by atoms with Crippen molar-refractivity contribution < 1.29 is 9.59 Å². The number of alkyl halides is 1. The van der Waals surface area contributed by atoms with Gasteiger partial charge in [0.2, 0.25) is 5.91 Å². The van der Waals surface area contributed by atoms with Crippen molar-refractivity contribution in [1.82, 2.24) is 4.90 Å². The van der Waals surface area contributed by atoms with Crippen molar-refractivity contribution in [2.75, 3.05) is 42.3 Å². The van der Waals surface area contributed by atoms with E-state index in [1.165, 1.54) is 0 Å². The molecule has 1 aliphatic rings. The van der Waals surface area contributed by atoms with Crippen molar-refractivity contribution in [3.8, 4) is 0 Å². The maximum Gasteiger partial charge on any atom is 0.253 e. The van der Waals surface area contributed by atoms with Crippen LogP contribution in [0.5, 0.6) is 0 Å². The van der Waals surface area contributed by atoms with Gasteiger partial charge in [-0.25, -0.2) is 0 Å². The van der Waals surface area contributed by atoms with E-state index < -0.39 is 0 Å². The van der Waals surface area contributed by atoms with Crippen LogP contribution < -0.4 is 10.2 Å². The van der Waals surface area contributed by atoms with Crippen molar-refractivity contribution in [3.63, 3.8) is 0 Å². The van der Waals surface area contributed by atoms with Gasteiger partial charge in [-0.3, -0.25) is 9.59 Å². The monoisotopic (exact) mass is 391 g/mol. The Balaban J connectivity index is 1.58. The molecule has 2 aromatic carbocycles. The molecule has 1 aliphatic heterocycles. The maximum atomic E-state index is 12.7. The number of halogens is 2. The molecule has 7 heteroatoms. The van der Waals surface area contributed by atoms with Crippen LogP contribution in [0.2, 0.25) is 5.02 Å². The van der Waals surface area contributed by atoms with Gasteiger partial charge in [0.25, 0.3) is 5.91 Å². The van der Waals surface area contributed by atoms with Gasteiger partial charge in [-0.15, -0.1) is 11.6 Å². The Morgan fingerprint density at radius 3 is 2.12 bits per heavy atom. The summed E-state index contributed by atoms with van der Waals surface area (Å²) in [5.74, 6) is -0.376. The van der Waals surface area contributed by atoms with Crippen LogP contribution in [-0.2, 0) is 4.79 Å². The number of benzene rings is 2. The Morgan fingerprint density at radius 1 is 0.923 bits per heavy atom. The smallest absolute Gasteiger partial charge is 0.253 e. The van der Waals surface area contributed by atoms with Crippen LogP contribution in [0.3, 0.4) is 0 Å². The third-order valence-corrected chi connectivity index (χ3v) is 4.79. The molecule has 1 N–H and O–H groups in total. The summed E-state index contributed by atoms with van der Waals surface area (Å²) < 4.78 is 0. The molecule has 0 unspecified atom stereocenters. The molecule has 0 bridgehead atoms. The molecule has 5 nitrogen and oxygen atoms in total. The molecule has 0 radical (unpaired) electrons. The van der Waals surface area contributed by atoms with Crippen molar-refractivity contribution in [2.45, 2.75) is 0 Å². The molecule has 0 aromatic heterocycles. The summed E-state index contributed by atoms with van der Waals surface area (Å²) in [5.41, 5.74) is 2.34. The minimum absolute atomic E-state index is 0.00373. The Labute approximate surface area is 162 Å². The largest absolute Gasteiger partial charge is 0.368 e. The van der Waals surface area contributed by atoms with E-state index in [2.05, 4.69) is 10.2 Å². The van der Waals surface area contributed by atoms with Crippen molar-refractivity contribution in [1.29, 1.82) is 0 Å². The fourth-order valence-corrected chi connectivity index (χ4v) is 3.09. The molecule has 1 fully saturated rings. The minimum Gasteiger partial charge on any atom is -0.368 e. The van der Waals surface area contributed by atoms with Gasteiger partial charge in [-0.2, -0.15) is 0 Å². The van der Waals surface area contributed by atoms with E-state index in [4.69, 9.17) is 23.2 Å². The predicted molar refractivity (Wildman–Crippen MR) is 105 cm³/mol. The standard InChI is InChI=1S/C19H19Cl2N3O2/c20-13-18(25)22-16-5-1-14(2-6-16)19(26)24-11-9-23(10-12-24)17-7-3-15(21)4-8-17/h1-8H,9-13H2,(H,22,25). The number of nitrogens with one attached hydrogen (secondary N) is 1. The van der Waals surface area contributed by atoms with E-state index in [-0.39, 0.29) is 17.7 Å². The van der Waals surface area contributed by atoms with Crippen molar-refractivity contribution >= 4 is 46.4 Å². The lowest BCUT2D eigenvalue weighted by molar-refractivity contribution is -0.113. The van der Waals surface area contributed by atoms with Gasteiger partial charge < -0.3 is 15.1 Å². The third kappa shape index (κ3) is 4.48. The molecule has 2 amide bonds. The first-order valence-electron chi connectivity index (χ1n) is 8.32. The highest BCUT2D eigenvalue weighted by atomic mass is 35.5. The second-order valence-electron chi connectivity index (χ2n) is 6.01. The highest BCUT2D eigenvalue weighted by Crippen LogP contribution is 2.20. The van der Waals surface area contributed by atoms with Gasteiger partial charge in [-0.1, -0.05) is 11.6 Å². The number of amides is 2. The molecule has 26 heavy (non-hydrogen) atoms. The average molecular weight is 392 g/mol. The zero-order valence-electron chi connectivity index (χ0n) is 14.1. The van der Waals surface area contributed by atoms with E-state index in [9.17, 15) is 9.59 Å². The number of rotatable bonds is 4. The van der Waals surface area contributed by atoms with Gasteiger partial charge in [-0.05, 0) is 48.5 Å². The lowest BCUT2D eigenvalue weighted by Crippen LogP contribution is -2.48. The third-order valence-electron chi connectivity index (χ3n) is 4.30. The second kappa shape index (κ2) is 8.43. The summed E-state index contributed by atoms with van der Waals surface area (Å²) in [4.78, 5) is 28.0. The minimum atomic E-state index is -0.274. The lowest BCUT2D eigenvalue weighted by Gasteiger charge is -2.36. The molecule has 3 rings (SSSR count). The highest BCUT2D eigenvalue weighted by molar-refractivity contribution is 6.30. The van der Waals surface area contributed by atoms with Crippen LogP contribution >= 0.6 is 23.2 Å². The molecule has 0 atom stereocenters. The van der Waals surface area contributed by atoms with E-state index in [0.29, 0.717) is 29.4 Å². The zero-order valence-corrected chi connectivity index (χ0v) is 15.6. The number of carbonyl (C=O) groups excluding carboxylic acids is 2. The molecule has 1 saturated heterocycles.